The van der Waals surface area contributed by atoms with Gasteiger partial charge in [-0.2, -0.15) is 0 Å². The van der Waals surface area contributed by atoms with Crippen molar-refractivity contribution >= 4 is 29.1 Å². The molecule has 2 amide bonds. The average molecular weight is 424 g/mol. The number of amides is 2. The molecule has 2 heterocycles. The summed E-state index contributed by atoms with van der Waals surface area (Å²) in [6.45, 7) is 5.57. The number of nitrogens with one attached hydrogen (secondary N) is 1. The van der Waals surface area contributed by atoms with Gasteiger partial charge in [-0.1, -0.05) is 17.7 Å². The molecule has 1 aromatic rings. The van der Waals surface area contributed by atoms with E-state index >= 15 is 0 Å². The molecule has 7 nitrogen and oxygen atoms in total. The zero-order valence-corrected chi connectivity index (χ0v) is 17.7. The maximum atomic E-state index is 12.4. The molecule has 160 valence electrons. The van der Waals surface area contributed by atoms with Crippen LogP contribution in [0.5, 0.6) is 0 Å². The van der Waals surface area contributed by atoms with Crippen LogP contribution in [0.3, 0.4) is 0 Å². The molecule has 8 heteroatoms. The first-order valence-corrected chi connectivity index (χ1v) is 10.7. The zero-order valence-electron chi connectivity index (χ0n) is 16.9. The molecule has 0 saturated carbocycles. The fourth-order valence-electron chi connectivity index (χ4n) is 3.57. The molecule has 2 atom stereocenters. The highest BCUT2D eigenvalue weighted by Gasteiger charge is 2.23. The number of ether oxygens (including phenoxy) is 2. The van der Waals surface area contributed by atoms with Gasteiger partial charge in [0, 0.05) is 43.5 Å². The third kappa shape index (κ3) is 6.59. The Labute approximate surface area is 177 Å². The van der Waals surface area contributed by atoms with Gasteiger partial charge in [0.25, 0.3) is 0 Å². The highest BCUT2D eigenvalue weighted by molar-refractivity contribution is 6.30. The molecule has 2 aliphatic heterocycles. The first-order valence-electron chi connectivity index (χ1n) is 10.3. The maximum absolute atomic E-state index is 12.4. The van der Waals surface area contributed by atoms with Crippen LogP contribution in [-0.4, -0.2) is 74.9 Å². The Kier molecular flexibility index (Phi) is 8.15. The van der Waals surface area contributed by atoms with Crippen LogP contribution in [0, 0.1) is 0 Å². The van der Waals surface area contributed by atoms with Crippen molar-refractivity contribution in [3.63, 3.8) is 0 Å². The largest absolute Gasteiger partial charge is 0.376 e. The Bertz CT molecular complexity index is 688. The van der Waals surface area contributed by atoms with Crippen LogP contribution in [0.1, 0.15) is 26.2 Å². The number of carbonyl (C=O) groups is 2. The molecule has 1 N–H and O–H groups in total. The molecular formula is C21H30ClN3O4. The van der Waals surface area contributed by atoms with E-state index in [0.717, 1.165) is 44.6 Å². The normalized spacial score (nSPS) is 21.0. The summed E-state index contributed by atoms with van der Waals surface area (Å²) in [5, 5.41) is 3.39. The number of nitrogens with zero attached hydrogens (tertiary/aromatic N) is 2. The van der Waals surface area contributed by atoms with Crippen molar-refractivity contribution in [1.82, 2.24) is 10.2 Å². The van der Waals surface area contributed by atoms with Gasteiger partial charge in [-0.3, -0.25) is 9.59 Å². The summed E-state index contributed by atoms with van der Waals surface area (Å²) in [6, 6.07) is 7.72. The molecule has 0 bridgehead atoms. The maximum Gasteiger partial charge on any atom is 0.249 e. The quantitative estimate of drug-likeness (QED) is 0.727. The van der Waals surface area contributed by atoms with Crippen molar-refractivity contribution in [2.24, 2.45) is 0 Å². The minimum Gasteiger partial charge on any atom is -0.376 e. The van der Waals surface area contributed by atoms with E-state index in [9.17, 15) is 9.59 Å². The smallest absolute Gasteiger partial charge is 0.249 e. The van der Waals surface area contributed by atoms with E-state index in [0.29, 0.717) is 24.7 Å². The number of piperazine rings is 1. The van der Waals surface area contributed by atoms with Crippen LogP contribution in [0.15, 0.2) is 24.3 Å². The van der Waals surface area contributed by atoms with Crippen molar-refractivity contribution in [2.75, 3.05) is 50.8 Å². The Balaban J connectivity index is 1.35. The Hall–Kier alpha value is -1.83. The van der Waals surface area contributed by atoms with Gasteiger partial charge in [-0.05, 0) is 44.4 Å². The third-order valence-corrected chi connectivity index (χ3v) is 5.63. The van der Waals surface area contributed by atoms with Crippen LogP contribution < -0.4 is 10.2 Å². The van der Waals surface area contributed by atoms with E-state index in [1.165, 1.54) is 0 Å². The van der Waals surface area contributed by atoms with E-state index in [1.54, 1.807) is 11.8 Å². The predicted molar refractivity (Wildman–Crippen MR) is 112 cm³/mol. The average Bonchev–Trinajstić information content (AvgIpc) is 2.76. The molecule has 29 heavy (non-hydrogen) atoms. The van der Waals surface area contributed by atoms with Crippen molar-refractivity contribution in [2.45, 2.75) is 38.4 Å². The number of benzene rings is 1. The topological polar surface area (TPSA) is 71.1 Å². The minimum atomic E-state index is -0.604. The van der Waals surface area contributed by atoms with Gasteiger partial charge >= 0.3 is 0 Å². The molecule has 0 aromatic heterocycles. The second-order valence-corrected chi connectivity index (χ2v) is 7.97. The lowest BCUT2D eigenvalue weighted by Gasteiger charge is -2.36. The molecular weight excluding hydrogens is 394 g/mol. The van der Waals surface area contributed by atoms with E-state index in [2.05, 4.69) is 10.2 Å². The van der Waals surface area contributed by atoms with E-state index in [4.69, 9.17) is 21.1 Å². The lowest BCUT2D eigenvalue weighted by atomic mass is 10.1. The van der Waals surface area contributed by atoms with Crippen LogP contribution in [0.4, 0.5) is 5.69 Å². The van der Waals surface area contributed by atoms with Crippen LogP contribution >= 0.6 is 11.6 Å². The van der Waals surface area contributed by atoms with Crippen LogP contribution in [0.2, 0.25) is 5.02 Å². The van der Waals surface area contributed by atoms with E-state index in [1.807, 2.05) is 24.3 Å². The lowest BCUT2D eigenvalue weighted by molar-refractivity contribution is -0.139. The fraction of sp³-hybridized carbons (Fsp3) is 0.619. The minimum absolute atomic E-state index is 0.0103. The first kappa shape index (κ1) is 21.9. The zero-order chi connectivity index (χ0) is 20.6. The first-order chi connectivity index (χ1) is 14.0. The Morgan fingerprint density at radius 2 is 2.07 bits per heavy atom. The van der Waals surface area contributed by atoms with Gasteiger partial charge in [-0.25, -0.2) is 0 Å². The van der Waals surface area contributed by atoms with Gasteiger partial charge in [0.2, 0.25) is 11.8 Å². The standard InChI is InChI=1S/C21H30ClN3O4/c1-16(29-15-19-7-2-3-12-28-19)21(27)23-14-20(26)25-10-8-24(9-11-25)18-6-4-5-17(22)13-18/h4-6,13,16,19H,2-3,7-12,14-15H2,1H3,(H,23,27). The van der Waals surface area contributed by atoms with Crippen LogP contribution in [0.25, 0.3) is 0 Å². The lowest BCUT2D eigenvalue weighted by Crippen LogP contribution is -2.52. The van der Waals surface area contributed by atoms with Crippen molar-refractivity contribution < 1.29 is 19.1 Å². The number of rotatable bonds is 7. The number of hydrogen-bond donors (Lipinski definition) is 1. The second-order valence-electron chi connectivity index (χ2n) is 7.53. The number of carbonyl (C=O) groups excluding carboxylic acids is 2. The third-order valence-electron chi connectivity index (χ3n) is 5.39. The van der Waals surface area contributed by atoms with Gasteiger partial charge in [0.1, 0.15) is 6.10 Å². The van der Waals surface area contributed by atoms with E-state index in [-0.39, 0.29) is 24.5 Å². The summed E-state index contributed by atoms with van der Waals surface area (Å²) >= 11 is 6.06. The fourth-order valence-corrected chi connectivity index (χ4v) is 3.76. The SMILES string of the molecule is CC(OCC1CCCCO1)C(=O)NCC(=O)N1CCN(c2cccc(Cl)c2)CC1. The number of hydrogen-bond acceptors (Lipinski definition) is 5. The highest BCUT2D eigenvalue weighted by Crippen LogP contribution is 2.20. The number of halogens is 1. The molecule has 0 radical (unpaired) electrons. The molecule has 0 aliphatic carbocycles. The molecule has 2 saturated heterocycles. The molecule has 2 unspecified atom stereocenters. The van der Waals surface area contributed by atoms with Gasteiger partial charge in [-0.15, -0.1) is 0 Å². The second kappa shape index (κ2) is 10.8. The van der Waals surface area contributed by atoms with Gasteiger partial charge < -0.3 is 24.6 Å². The van der Waals surface area contributed by atoms with Crippen molar-refractivity contribution in [3.8, 4) is 0 Å². The monoisotopic (exact) mass is 423 g/mol. The van der Waals surface area contributed by atoms with Gasteiger partial charge in [0.15, 0.2) is 0 Å². The van der Waals surface area contributed by atoms with E-state index < -0.39 is 6.10 Å². The summed E-state index contributed by atoms with van der Waals surface area (Å²) in [6.07, 6.45) is 2.65. The summed E-state index contributed by atoms with van der Waals surface area (Å²) < 4.78 is 11.2. The van der Waals surface area contributed by atoms with Gasteiger partial charge in [0.05, 0.1) is 19.3 Å². The predicted octanol–water partition coefficient (Wildman–Crippen LogP) is 2.08. The Morgan fingerprint density at radius 3 is 2.76 bits per heavy atom. The molecule has 0 spiro atoms. The highest BCUT2D eigenvalue weighted by atomic mass is 35.5. The number of anilines is 1. The summed E-state index contributed by atoms with van der Waals surface area (Å²) in [5.41, 5.74) is 1.06. The summed E-state index contributed by atoms with van der Waals surface area (Å²) in [7, 11) is 0. The molecule has 2 aliphatic rings. The van der Waals surface area contributed by atoms with Crippen molar-refractivity contribution in [1.29, 1.82) is 0 Å². The molecule has 3 rings (SSSR count). The molecule has 1 aromatic carbocycles. The summed E-state index contributed by atoms with van der Waals surface area (Å²) in [4.78, 5) is 28.6. The molecule has 2 fully saturated rings. The van der Waals surface area contributed by atoms with Crippen LogP contribution in [-0.2, 0) is 19.1 Å². The summed E-state index contributed by atoms with van der Waals surface area (Å²) in [5.74, 6) is -0.348. The van der Waals surface area contributed by atoms with Crippen molar-refractivity contribution in [3.05, 3.63) is 29.3 Å². The Morgan fingerprint density at radius 1 is 1.28 bits per heavy atom.